The molecule has 2 amide bonds. The zero-order valence-electron chi connectivity index (χ0n) is 17.2. The summed E-state index contributed by atoms with van der Waals surface area (Å²) in [6.07, 6.45) is 0.141. The van der Waals surface area contributed by atoms with Crippen LogP contribution in [0.3, 0.4) is 0 Å². The van der Waals surface area contributed by atoms with Crippen LogP contribution < -0.4 is 10.1 Å². The second-order valence-corrected chi connectivity index (χ2v) is 8.19. The smallest absolute Gasteiger partial charge is 0.237 e. The van der Waals surface area contributed by atoms with Crippen molar-refractivity contribution in [1.29, 1.82) is 0 Å². The first-order valence-corrected chi connectivity index (χ1v) is 10.7. The lowest BCUT2D eigenvalue weighted by Gasteiger charge is -2.35. The van der Waals surface area contributed by atoms with Gasteiger partial charge < -0.3 is 15.0 Å². The van der Waals surface area contributed by atoms with Crippen molar-refractivity contribution in [2.75, 3.05) is 26.7 Å². The van der Waals surface area contributed by atoms with Crippen molar-refractivity contribution in [3.05, 3.63) is 45.9 Å². The highest BCUT2D eigenvalue weighted by atomic mass is 32.1. The standard InChI is InChI=1S/C21H28N4O3S/c1-4-28-19-8-6-5-7-16(19)12-25-10-9-22-21(27)18(25)11-20(26)24(3)13-17-14-29-15(2)23-17/h5-8,14,18H,4,9-13H2,1-3H3,(H,22,27). The van der Waals surface area contributed by atoms with Gasteiger partial charge in [0.25, 0.3) is 0 Å². The molecule has 0 radical (unpaired) electrons. The molecule has 1 aromatic carbocycles. The van der Waals surface area contributed by atoms with Crippen molar-refractivity contribution >= 4 is 23.2 Å². The topological polar surface area (TPSA) is 74.8 Å². The van der Waals surface area contributed by atoms with Gasteiger partial charge in [-0.2, -0.15) is 0 Å². The van der Waals surface area contributed by atoms with Crippen LogP contribution in [0.2, 0.25) is 0 Å². The van der Waals surface area contributed by atoms with Gasteiger partial charge in [0.05, 0.1) is 36.3 Å². The number of amides is 2. The summed E-state index contributed by atoms with van der Waals surface area (Å²) in [5.41, 5.74) is 1.90. The van der Waals surface area contributed by atoms with Gasteiger partial charge in [-0.05, 0) is 19.9 Å². The Morgan fingerprint density at radius 2 is 2.21 bits per heavy atom. The van der Waals surface area contributed by atoms with Crippen molar-refractivity contribution in [3.63, 3.8) is 0 Å². The van der Waals surface area contributed by atoms with E-state index in [1.54, 1.807) is 23.3 Å². The average Bonchev–Trinajstić information content (AvgIpc) is 3.10. The van der Waals surface area contributed by atoms with E-state index in [0.717, 1.165) is 22.0 Å². The minimum atomic E-state index is -0.495. The number of aryl methyl sites for hydroxylation is 1. The highest BCUT2D eigenvalue weighted by Crippen LogP contribution is 2.23. The van der Waals surface area contributed by atoms with Gasteiger partial charge in [-0.3, -0.25) is 14.5 Å². The number of carbonyl (C=O) groups excluding carboxylic acids is 2. The molecule has 1 atom stereocenters. The largest absolute Gasteiger partial charge is 0.494 e. The third kappa shape index (κ3) is 5.55. The summed E-state index contributed by atoms with van der Waals surface area (Å²) in [5, 5.41) is 5.83. The Hall–Kier alpha value is -2.45. The molecule has 8 heteroatoms. The van der Waals surface area contributed by atoms with E-state index in [1.807, 2.05) is 43.5 Å². The van der Waals surface area contributed by atoms with Gasteiger partial charge in [0.15, 0.2) is 0 Å². The SMILES string of the molecule is CCOc1ccccc1CN1CCNC(=O)C1CC(=O)N(C)Cc1csc(C)n1. The molecule has 3 rings (SSSR count). The molecule has 0 bridgehead atoms. The number of thiazole rings is 1. The summed E-state index contributed by atoms with van der Waals surface area (Å²) in [6, 6.07) is 7.35. The second kappa shape index (κ2) is 9.84. The Morgan fingerprint density at radius 3 is 2.93 bits per heavy atom. The average molecular weight is 417 g/mol. The quantitative estimate of drug-likeness (QED) is 0.714. The fraction of sp³-hybridized carbons (Fsp3) is 0.476. The van der Waals surface area contributed by atoms with E-state index < -0.39 is 6.04 Å². The molecule has 0 aliphatic carbocycles. The Labute approximate surface area is 175 Å². The number of para-hydroxylation sites is 1. The summed E-state index contributed by atoms with van der Waals surface area (Å²) >= 11 is 1.57. The number of hydrogen-bond donors (Lipinski definition) is 1. The zero-order valence-corrected chi connectivity index (χ0v) is 18.0. The monoisotopic (exact) mass is 416 g/mol. The summed E-state index contributed by atoms with van der Waals surface area (Å²) in [6.45, 7) is 6.77. The predicted molar refractivity (Wildman–Crippen MR) is 113 cm³/mol. The van der Waals surface area contributed by atoms with Gasteiger partial charge in [-0.1, -0.05) is 18.2 Å². The molecule has 0 saturated carbocycles. The Bertz CT molecular complexity index is 854. The molecule has 7 nitrogen and oxygen atoms in total. The van der Waals surface area contributed by atoms with E-state index in [0.29, 0.717) is 32.8 Å². The molecule has 29 heavy (non-hydrogen) atoms. The molecule has 1 aliphatic heterocycles. The van der Waals surface area contributed by atoms with Crippen LogP contribution in [0.25, 0.3) is 0 Å². The number of rotatable bonds is 8. The molecule has 1 fully saturated rings. The van der Waals surface area contributed by atoms with Gasteiger partial charge in [-0.15, -0.1) is 11.3 Å². The third-order valence-corrected chi connectivity index (χ3v) is 5.77. The van der Waals surface area contributed by atoms with Crippen molar-refractivity contribution in [1.82, 2.24) is 20.1 Å². The number of aromatic nitrogens is 1. The van der Waals surface area contributed by atoms with Crippen molar-refractivity contribution < 1.29 is 14.3 Å². The van der Waals surface area contributed by atoms with Crippen LogP contribution in [0, 0.1) is 6.92 Å². The summed E-state index contributed by atoms with van der Waals surface area (Å²) < 4.78 is 5.72. The first-order chi connectivity index (χ1) is 14.0. The molecule has 0 spiro atoms. The van der Waals surface area contributed by atoms with Crippen LogP contribution in [0.4, 0.5) is 0 Å². The van der Waals surface area contributed by atoms with Gasteiger partial charge in [-0.25, -0.2) is 4.98 Å². The maximum atomic E-state index is 12.8. The first-order valence-electron chi connectivity index (χ1n) is 9.85. The van der Waals surface area contributed by atoms with Crippen molar-refractivity contribution in [3.8, 4) is 5.75 Å². The number of piperazine rings is 1. The van der Waals surface area contributed by atoms with Crippen LogP contribution in [0.1, 0.15) is 29.6 Å². The molecule has 156 valence electrons. The number of carbonyl (C=O) groups is 2. The molecular weight excluding hydrogens is 388 g/mol. The van der Waals surface area contributed by atoms with E-state index in [1.165, 1.54) is 0 Å². The van der Waals surface area contributed by atoms with E-state index >= 15 is 0 Å². The number of hydrogen-bond acceptors (Lipinski definition) is 6. The number of nitrogens with one attached hydrogen (secondary N) is 1. The van der Waals surface area contributed by atoms with Gasteiger partial charge in [0.2, 0.25) is 11.8 Å². The lowest BCUT2D eigenvalue weighted by atomic mass is 10.1. The fourth-order valence-corrected chi connectivity index (χ4v) is 4.06. The highest BCUT2D eigenvalue weighted by molar-refractivity contribution is 7.09. The maximum Gasteiger partial charge on any atom is 0.237 e. The van der Waals surface area contributed by atoms with E-state index in [2.05, 4.69) is 15.2 Å². The number of benzene rings is 1. The summed E-state index contributed by atoms with van der Waals surface area (Å²) in [4.78, 5) is 33.5. The normalized spacial score (nSPS) is 17.1. The maximum absolute atomic E-state index is 12.8. The minimum Gasteiger partial charge on any atom is -0.494 e. The van der Waals surface area contributed by atoms with Gasteiger partial charge in [0, 0.05) is 37.6 Å². The minimum absolute atomic E-state index is 0.0687. The summed E-state index contributed by atoms with van der Waals surface area (Å²) in [5.74, 6) is 0.652. The number of ether oxygens (including phenoxy) is 1. The molecule has 2 heterocycles. The molecule has 2 aromatic rings. The van der Waals surface area contributed by atoms with E-state index in [9.17, 15) is 9.59 Å². The summed E-state index contributed by atoms with van der Waals surface area (Å²) in [7, 11) is 1.76. The van der Waals surface area contributed by atoms with Crippen LogP contribution in [0.5, 0.6) is 5.75 Å². The Morgan fingerprint density at radius 1 is 1.41 bits per heavy atom. The van der Waals surface area contributed by atoms with E-state index in [-0.39, 0.29) is 18.2 Å². The third-order valence-electron chi connectivity index (χ3n) is 4.95. The molecule has 1 N–H and O–H groups in total. The molecular formula is C21H28N4O3S. The van der Waals surface area contributed by atoms with Crippen LogP contribution in [0.15, 0.2) is 29.6 Å². The lowest BCUT2D eigenvalue weighted by molar-refractivity contribution is -0.138. The van der Waals surface area contributed by atoms with Crippen LogP contribution >= 0.6 is 11.3 Å². The molecule has 1 aliphatic rings. The lowest BCUT2D eigenvalue weighted by Crippen LogP contribution is -2.56. The van der Waals surface area contributed by atoms with Crippen LogP contribution in [-0.4, -0.2) is 59.4 Å². The van der Waals surface area contributed by atoms with E-state index in [4.69, 9.17) is 4.74 Å². The highest BCUT2D eigenvalue weighted by Gasteiger charge is 2.33. The Balaban J connectivity index is 1.68. The predicted octanol–water partition coefficient (Wildman–Crippen LogP) is 2.20. The first kappa shape index (κ1) is 21.3. The van der Waals surface area contributed by atoms with Crippen molar-refractivity contribution in [2.45, 2.75) is 39.4 Å². The van der Waals surface area contributed by atoms with Gasteiger partial charge in [0.1, 0.15) is 5.75 Å². The van der Waals surface area contributed by atoms with Gasteiger partial charge >= 0.3 is 0 Å². The second-order valence-electron chi connectivity index (χ2n) is 7.13. The van der Waals surface area contributed by atoms with Crippen LogP contribution in [-0.2, 0) is 22.7 Å². The Kier molecular flexibility index (Phi) is 7.22. The fourth-order valence-electron chi connectivity index (χ4n) is 3.46. The van der Waals surface area contributed by atoms with Crippen molar-refractivity contribution in [2.24, 2.45) is 0 Å². The zero-order chi connectivity index (χ0) is 20.8. The number of nitrogens with zero attached hydrogens (tertiary/aromatic N) is 3. The molecule has 1 unspecified atom stereocenters. The molecule has 1 saturated heterocycles. The molecule has 1 aromatic heterocycles.